The molecule has 1 fully saturated rings. The molecule has 0 saturated carbocycles. The summed E-state index contributed by atoms with van der Waals surface area (Å²) < 4.78 is 4.65. The van der Waals surface area contributed by atoms with E-state index >= 15 is 0 Å². The fraction of sp³-hybridized carbons (Fsp3) is 0.909. The van der Waals surface area contributed by atoms with E-state index in [1.54, 1.807) is 11.8 Å². The second-order valence-corrected chi connectivity index (χ2v) is 6.24. The van der Waals surface area contributed by atoms with Crippen LogP contribution in [-0.2, 0) is 9.53 Å². The lowest BCUT2D eigenvalue weighted by Crippen LogP contribution is -2.38. The normalized spacial score (nSPS) is 22.5. The molecule has 1 atom stereocenters. The van der Waals surface area contributed by atoms with Gasteiger partial charge in [0.05, 0.1) is 6.61 Å². The van der Waals surface area contributed by atoms with Crippen molar-refractivity contribution in [1.82, 2.24) is 5.32 Å². The maximum Gasteiger partial charge on any atom is 0.321 e. The first kappa shape index (κ1) is 12.8. The van der Waals surface area contributed by atoms with E-state index in [0.29, 0.717) is 11.9 Å². The van der Waals surface area contributed by atoms with E-state index in [9.17, 15) is 4.79 Å². The van der Waals surface area contributed by atoms with Crippen LogP contribution in [0.15, 0.2) is 0 Å². The van der Waals surface area contributed by atoms with Crippen LogP contribution in [0.1, 0.15) is 33.6 Å². The Morgan fingerprint density at radius 3 is 2.87 bits per heavy atom. The topological polar surface area (TPSA) is 38.3 Å². The van der Waals surface area contributed by atoms with Gasteiger partial charge in [-0.2, -0.15) is 0 Å². The highest BCUT2D eigenvalue weighted by atomic mass is 32.2. The lowest BCUT2D eigenvalue weighted by molar-refractivity contribution is -0.145. The smallest absolute Gasteiger partial charge is 0.321 e. The van der Waals surface area contributed by atoms with E-state index in [2.05, 4.69) is 5.32 Å². The summed E-state index contributed by atoms with van der Waals surface area (Å²) in [4.78, 5) is 11.7. The van der Waals surface area contributed by atoms with Gasteiger partial charge in [-0.3, -0.25) is 4.79 Å². The molecule has 0 radical (unpaired) electrons. The van der Waals surface area contributed by atoms with Gasteiger partial charge < -0.3 is 10.1 Å². The van der Waals surface area contributed by atoms with E-state index in [0.717, 1.165) is 13.1 Å². The zero-order valence-corrected chi connectivity index (χ0v) is 10.7. The van der Waals surface area contributed by atoms with Gasteiger partial charge in [0.25, 0.3) is 0 Å². The molecule has 0 aliphatic carbocycles. The highest BCUT2D eigenvalue weighted by Crippen LogP contribution is 2.32. The number of thioether (sulfide) groups is 1. The number of ether oxygens (including phenoxy) is 1. The zero-order valence-electron chi connectivity index (χ0n) is 9.84. The predicted molar refractivity (Wildman–Crippen MR) is 64.2 cm³/mol. The van der Waals surface area contributed by atoms with Crippen molar-refractivity contribution in [2.24, 2.45) is 0 Å². The van der Waals surface area contributed by atoms with Crippen molar-refractivity contribution >= 4 is 17.7 Å². The van der Waals surface area contributed by atoms with Gasteiger partial charge in [0.2, 0.25) is 0 Å². The summed E-state index contributed by atoms with van der Waals surface area (Å²) in [7, 11) is 0. The van der Waals surface area contributed by atoms with Gasteiger partial charge >= 0.3 is 5.97 Å². The van der Waals surface area contributed by atoms with Gasteiger partial charge in [-0.25, -0.2) is 0 Å². The third-order valence-corrected chi connectivity index (χ3v) is 3.97. The number of carbonyl (C=O) groups is 1. The van der Waals surface area contributed by atoms with Crippen LogP contribution in [0.5, 0.6) is 0 Å². The predicted octanol–water partition coefficient (Wildman–Crippen LogP) is 1.81. The van der Waals surface area contributed by atoms with Crippen LogP contribution in [0, 0.1) is 0 Å². The first-order valence-corrected chi connectivity index (χ1v) is 6.50. The van der Waals surface area contributed by atoms with Gasteiger partial charge in [-0.1, -0.05) is 0 Å². The van der Waals surface area contributed by atoms with Crippen molar-refractivity contribution in [3.05, 3.63) is 0 Å². The summed E-state index contributed by atoms with van der Waals surface area (Å²) >= 11 is 1.73. The van der Waals surface area contributed by atoms with E-state index in [1.807, 2.05) is 20.8 Å². The highest BCUT2D eigenvalue weighted by Gasteiger charge is 2.33. The van der Waals surface area contributed by atoms with Gasteiger partial charge in [-0.05, 0) is 40.2 Å². The molecule has 1 aliphatic rings. The maximum atomic E-state index is 11.7. The second kappa shape index (κ2) is 5.75. The lowest BCUT2D eigenvalue weighted by Gasteiger charge is -2.30. The first-order chi connectivity index (χ1) is 7.06. The van der Waals surface area contributed by atoms with Gasteiger partial charge in [-0.15, -0.1) is 11.8 Å². The van der Waals surface area contributed by atoms with Crippen LogP contribution in [-0.4, -0.2) is 35.7 Å². The Kier molecular flexibility index (Phi) is 4.93. The SMILES string of the molecule is CCOC(=O)C(C)(C)SC1CCCNC1. The Balaban J connectivity index is 2.42. The first-order valence-electron chi connectivity index (χ1n) is 5.62. The summed E-state index contributed by atoms with van der Waals surface area (Å²) in [6, 6.07) is 0. The fourth-order valence-electron chi connectivity index (χ4n) is 1.69. The molecular formula is C11H21NO2S. The maximum absolute atomic E-state index is 11.7. The number of rotatable bonds is 4. The van der Waals surface area contributed by atoms with Crippen LogP contribution in [0.25, 0.3) is 0 Å². The number of hydrogen-bond acceptors (Lipinski definition) is 4. The van der Waals surface area contributed by atoms with Gasteiger partial charge in [0.1, 0.15) is 4.75 Å². The highest BCUT2D eigenvalue weighted by molar-refractivity contribution is 8.02. The third-order valence-electron chi connectivity index (χ3n) is 2.48. The van der Waals surface area contributed by atoms with Crippen LogP contribution in [0.2, 0.25) is 0 Å². The zero-order chi connectivity index (χ0) is 11.3. The molecule has 88 valence electrons. The minimum atomic E-state index is -0.417. The summed E-state index contributed by atoms with van der Waals surface area (Å²) in [5.41, 5.74) is 0. The van der Waals surface area contributed by atoms with Crippen LogP contribution < -0.4 is 5.32 Å². The minimum Gasteiger partial charge on any atom is -0.465 e. The molecule has 1 heterocycles. The molecule has 3 nitrogen and oxygen atoms in total. The quantitative estimate of drug-likeness (QED) is 0.749. The summed E-state index contributed by atoms with van der Waals surface area (Å²) in [5, 5.41) is 3.90. The third kappa shape index (κ3) is 4.03. The molecule has 15 heavy (non-hydrogen) atoms. The van der Waals surface area contributed by atoms with E-state index < -0.39 is 4.75 Å². The van der Waals surface area contributed by atoms with Crippen molar-refractivity contribution in [3.8, 4) is 0 Å². The molecule has 1 saturated heterocycles. The number of nitrogens with one attached hydrogen (secondary N) is 1. The van der Waals surface area contributed by atoms with E-state index in [4.69, 9.17) is 4.74 Å². The molecule has 0 bridgehead atoms. The molecule has 1 N–H and O–H groups in total. The fourth-order valence-corrected chi connectivity index (χ4v) is 3.16. The Bertz CT molecular complexity index is 213. The Morgan fingerprint density at radius 2 is 2.33 bits per heavy atom. The molecule has 4 heteroatoms. The van der Waals surface area contributed by atoms with Crippen LogP contribution >= 0.6 is 11.8 Å². The van der Waals surface area contributed by atoms with E-state index in [1.165, 1.54) is 12.8 Å². The largest absolute Gasteiger partial charge is 0.465 e. The summed E-state index contributed by atoms with van der Waals surface area (Å²) in [6.07, 6.45) is 2.40. The average molecular weight is 231 g/mol. The molecule has 1 unspecified atom stereocenters. The molecule has 0 aromatic rings. The molecule has 1 aliphatic heterocycles. The van der Waals surface area contributed by atoms with Gasteiger partial charge in [0, 0.05) is 11.8 Å². The molecule has 0 spiro atoms. The Labute approximate surface area is 96.3 Å². The van der Waals surface area contributed by atoms with Crippen LogP contribution in [0.4, 0.5) is 0 Å². The second-order valence-electron chi connectivity index (χ2n) is 4.32. The standard InChI is InChI=1S/C11H21NO2S/c1-4-14-10(13)11(2,3)15-9-6-5-7-12-8-9/h9,12H,4-8H2,1-3H3. The summed E-state index contributed by atoms with van der Waals surface area (Å²) in [6.45, 7) is 8.32. The molecular weight excluding hydrogens is 210 g/mol. The van der Waals surface area contributed by atoms with E-state index in [-0.39, 0.29) is 5.97 Å². The Hall–Kier alpha value is -0.220. The van der Waals surface area contributed by atoms with Crippen molar-refractivity contribution in [1.29, 1.82) is 0 Å². The average Bonchev–Trinajstić information content (AvgIpc) is 2.19. The van der Waals surface area contributed by atoms with Crippen molar-refractivity contribution in [3.63, 3.8) is 0 Å². The number of hydrogen-bond donors (Lipinski definition) is 1. The summed E-state index contributed by atoms with van der Waals surface area (Å²) in [5.74, 6) is -0.0967. The van der Waals surface area contributed by atoms with Crippen LogP contribution in [0.3, 0.4) is 0 Å². The molecule has 0 aromatic carbocycles. The molecule has 0 aromatic heterocycles. The minimum absolute atomic E-state index is 0.0967. The van der Waals surface area contributed by atoms with Crippen molar-refractivity contribution in [2.75, 3.05) is 19.7 Å². The monoisotopic (exact) mass is 231 g/mol. The molecule has 0 amide bonds. The van der Waals surface area contributed by atoms with Crippen molar-refractivity contribution in [2.45, 2.75) is 43.6 Å². The Morgan fingerprint density at radius 1 is 1.60 bits per heavy atom. The van der Waals surface area contributed by atoms with Crippen molar-refractivity contribution < 1.29 is 9.53 Å². The number of piperidine rings is 1. The molecule has 1 rings (SSSR count). The number of carbonyl (C=O) groups excluding carboxylic acids is 1. The lowest BCUT2D eigenvalue weighted by atomic mass is 10.2. The number of esters is 1. The van der Waals surface area contributed by atoms with Gasteiger partial charge in [0.15, 0.2) is 0 Å².